The van der Waals surface area contributed by atoms with Gasteiger partial charge in [-0.3, -0.25) is 28.5 Å². The highest BCUT2D eigenvalue weighted by Crippen LogP contribution is 2.37. The van der Waals surface area contributed by atoms with Crippen molar-refractivity contribution < 1.29 is 48.5 Å². The monoisotopic (exact) mass is 685 g/mol. The lowest BCUT2D eigenvalue weighted by atomic mass is 10.1. The Morgan fingerprint density at radius 2 is 1.07 bits per heavy atom. The molecule has 0 atom stereocenters. The molecule has 0 saturated carbocycles. The summed E-state index contributed by atoms with van der Waals surface area (Å²) in [5.74, 6) is -2.11. The molecular weight excluding hydrogens is 640 g/mol. The van der Waals surface area contributed by atoms with Gasteiger partial charge in [-0.15, -0.1) is 0 Å². The molecule has 46 heavy (non-hydrogen) atoms. The fourth-order valence-corrected chi connectivity index (χ4v) is 6.32. The van der Waals surface area contributed by atoms with E-state index in [1.165, 1.54) is 0 Å². The summed E-state index contributed by atoms with van der Waals surface area (Å²) in [5, 5.41) is 30.1. The van der Waals surface area contributed by atoms with Crippen LogP contribution >= 0.6 is 15.2 Å². The van der Waals surface area contributed by atoms with Crippen molar-refractivity contribution in [2.75, 3.05) is 62.2 Å². The number of aromatic hydroxyl groups is 2. The Hall–Kier alpha value is -2.84. The van der Waals surface area contributed by atoms with Gasteiger partial charge in [-0.05, 0) is 95.6 Å². The Morgan fingerprint density at radius 3 is 1.43 bits per heavy atom. The molecule has 2 aromatic carbocycles. The number of amides is 2. The zero-order valence-corrected chi connectivity index (χ0v) is 27.9. The first-order valence-corrected chi connectivity index (χ1v) is 18.6. The number of aryl methyl sites for hydroxylation is 2. The molecule has 0 radical (unpaired) electrons. The Bertz CT molecular complexity index is 1370. The van der Waals surface area contributed by atoms with E-state index in [-0.39, 0.29) is 22.9 Å². The van der Waals surface area contributed by atoms with Crippen molar-refractivity contribution in [1.29, 1.82) is 0 Å². The van der Waals surface area contributed by atoms with Gasteiger partial charge >= 0.3 is 15.2 Å². The largest absolute Gasteiger partial charge is 0.505 e. The van der Waals surface area contributed by atoms with Crippen molar-refractivity contribution in [1.82, 2.24) is 15.1 Å². The van der Waals surface area contributed by atoms with Gasteiger partial charge in [-0.25, -0.2) is 0 Å². The van der Waals surface area contributed by atoms with Crippen LogP contribution in [0.2, 0.25) is 0 Å². The number of rotatable bonds is 10. The van der Waals surface area contributed by atoms with Gasteiger partial charge in [-0.2, -0.15) is 0 Å². The van der Waals surface area contributed by atoms with Crippen LogP contribution < -0.4 is 16.0 Å². The predicted molar refractivity (Wildman–Crippen MR) is 174 cm³/mol. The van der Waals surface area contributed by atoms with Crippen LogP contribution in [0.1, 0.15) is 41.5 Å². The summed E-state index contributed by atoms with van der Waals surface area (Å²) >= 11 is 0. The van der Waals surface area contributed by atoms with E-state index in [9.17, 15) is 28.9 Å². The van der Waals surface area contributed by atoms with E-state index in [4.69, 9.17) is 19.6 Å². The molecule has 15 nitrogen and oxygen atoms in total. The minimum absolute atomic E-state index is 0.0888. The minimum atomic E-state index is -4.57. The topological polar surface area (TPSA) is 232 Å². The highest BCUT2D eigenvalue weighted by molar-refractivity contribution is 7.53. The lowest BCUT2D eigenvalue weighted by Crippen LogP contribution is -2.34. The average Bonchev–Trinajstić information content (AvgIpc) is 2.89. The average molecular weight is 686 g/mol. The molecule has 1 heterocycles. The van der Waals surface area contributed by atoms with Crippen molar-refractivity contribution in [3.8, 4) is 11.5 Å². The van der Waals surface area contributed by atoms with Crippen molar-refractivity contribution in [2.24, 2.45) is 0 Å². The van der Waals surface area contributed by atoms with Crippen LogP contribution in [0.5, 0.6) is 11.5 Å². The number of nitrogens with zero attached hydrogens (tertiary/aromatic N) is 2. The second-order valence-corrected chi connectivity index (χ2v) is 15.0. The third-order valence-electron chi connectivity index (χ3n) is 7.31. The van der Waals surface area contributed by atoms with Gasteiger partial charge in [0.25, 0.3) is 0 Å². The molecule has 2 amide bonds. The third kappa shape index (κ3) is 13.1. The zero-order valence-electron chi connectivity index (χ0n) is 26.1. The number of phenolic OH excluding ortho intramolecular Hbond substituents is 2. The molecule has 0 bridgehead atoms. The summed E-state index contributed by atoms with van der Waals surface area (Å²) in [7, 11) is -9.13. The maximum absolute atomic E-state index is 12.1. The van der Waals surface area contributed by atoms with Crippen LogP contribution in [0.15, 0.2) is 24.3 Å². The first-order chi connectivity index (χ1) is 21.5. The minimum Gasteiger partial charge on any atom is -0.505 e. The molecule has 256 valence electrons. The van der Waals surface area contributed by atoms with Gasteiger partial charge in [0.05, 0.1) is 11.4 Å². The van der Waals surface area contributed by atoms with Crippen LogP contribution in [0.25, 0.3) is 0 Å². The first kappa shape index (κ1) is 37.6. The molecule has 17 heteroatoms. The van der Waals surface area contributed by atoms with Gasteiger partial charge in [0.1, 0.15) is 23.8 Å². The Balaban J connectivity index is 1.72. The fourth-order valence-electron chi connectivity index (χ4n) is 5.41. The lowest BCUT2D eigenvalue weighted by molar-refractivity contribution is -0.115. The summed E-state index contributed by atoms with van der Waals surface area (Å²) in [5.41, 5.74) is 2.84. The third-order valence-corrected chi connectivity index (χ3v) is 8.70. The molecule has 1 aliphatic rings. The number of hydrogen-bond acceptors (Lipinski definition) is 9. The van der Waals surface area contributed by atoms with E-state index in [0.29, 0.717) is 37.3 Å². The number of anilines is 2. The molecular formula is C29H45N5O10P2. The summed E-state index contributed by atoms with van der Waals surface area (Å²) in [6, 6.07) is 6.71. The van der Waals surface area contributed by atoms with Gasteiger partial charge in [0, 0.05) is 24.2 Å². The van der Waals surface area contributed by atoms with Gasteiger partial charge in [-0.1, -0.05) is 12.1 Å². The smallest absolute Gasteiger partial charge is 0.334 e. The second kappa shape index (κ2) is 16.8. The summed E-state index contributed by atoms with van der Waals surface area (Å²) in [6.45, 7) is 8.75. The molecule has 3 rings (SSSR count). The normalized spacial score (nSPS) is 16.3. The number of phenols is 2. The fraction of sp³-hybridized carbons (Fsp3) is 0.517. The predicted octanol–water partition coefficient (Wildman–Crippen LogP) is 2.02. The van der Waals surface area contributed by atoms with E-state index in [0.717, 1.165) is 56.6 Å². The van der Waals surface area contributed by atoms with E-state index in [1.54, 1.807) is 26.0 Å². The van der Waals surface area contributed by atoms with Crippen LogP contribution in [-0.4, -0.2) is 103 Å². The lowest BCUT2D eigenvalue weighted by Gasteiger charge is -2.28. The highest BCUT2D eigenvalue weighted by Gasteiger charge is 2.23. The first-order valence-electron chi connectivity index (χ1n) is 15.0. The van der Waals surface area contributed by atoms with Gasteiger partial charge in [0.15, 0.2) is 0 Å². The molecule has 0 aliphatic carbocycles. The van der Waals surface area contributed by atoms with E-state index in [2.05, 4.69) is 25.8 Å². The molecule has 9 N–H and O–H groups in total. The molecule has 1 aliphatic heterocycles. The Morgan fingerprint density at radius 1 is 0.696 bits per heavy atom. The zero-order chi connectivity index (χ0) is 34.1. The van der Waals surface area contributed by atoms with E-state index >= 15 is 0 Å². The Labute approximate surface area is 268 Å². The molecule has 0 aromatic heterocycles. The molecule has 1 saturated heterocycles. The van der Waals surface area contributed by atoms with Crippen molar-refractivity contribution in [3.05, 3.63) is 46.5 Å². The maximum atomic E-state index is 12.1. The van der Waals surface area contributed by atoms with Crippen molar-refractivity contribution in [3.63, 3.8) is 0 Å². The SMILES string of the molecule is Cc1cc(CN2CCCNCCCN(Cc3cc(C)cc(NC(=O)CP(=O)(O)O)c3O)CCC2)c(O)c(NC(=O)CP(=O)(O)O)c1. The number of nitrogens with one attached hydrogen (secondary N) is 3. The second-order valence-electron chi connectivity index (χ2n) is 11.7. The number of benzene rings is 2. The van der Waals surface area contributed by atoms with Crippen molar-refractivity contribution in [2.45, 2.75) is 46.2 Å². The van der Waals surface area contributed by atoms with Crippen LogP contribution in [0.4, 0.5) is 11.4 Å². The van der Waals surface area contributed by atoms with Crippen LogP contribution in [0, 0.1) is 13.8 Å². The number of hydrogen-bond donors (Lipinski definition) is 9. The number of carbonyl (C=O) groups excluding carboxylic acids is 2. The van der Waals surface area contributed by atoms with Gasteiger partial charge in [0.2, 0.25) is 11.8 Å². The van der Waals surface area contributed by atoms with Crippen LogP contribution in [0.3, 0.4) is 0 Å². The molecule has 1 fully saturated rings. The summed E-state index contributed by atoms with van der Waals surface area (Å²) < 4.78 is 22.5. The van der Waals surface area contributed by atoms with Gasteiger partial charge < -0.3 is 45.7 Å². The van der Waals surface area contributed by atoms with Crippen molar-refractivity contribution >= 4 is 38.4 Å². The van der Waals surface area contributed by atoms with E-state index < -0.39 is 39.3 Å². The Kier molecular flexibility index (Phi) is 13.8. The van der Waals surface area contributed by atoms with E-state index in [1.807, 2.05) is 12.1 Å². The summed E-state index contributed by atoms with van der Waals surface area (Å²) in [4.78, 5) is 65.1. The van der Waals surface area contributed by atoms with Crippen LogP contribution in [-0.2, 0) is 31.8 Å². The molecule has 0 spiro atoms. The maximum Gasteiger partial charge on any atom is 0.334 e. The molecule has 2 aromatic rings. The highest BCUT2D eigenvalue weighted by atomic mass is 31.2. The quantitative estimate of drug-likeness (QED) is 0.129. The number of carbonyl (C=O) groups is 2. The standard InChI is InChI=1S/C29H45N5O10P2/c1-20-12-22(28(37)24(14-20)31-26(35)18-45(39,40)41)16-33-8-3-6-30-7-4-9-34(11-5-10-33)17-23-13-21(2)15-25(29(23)38)32-27(36)19-46(42,43)44/h12-15,30,37-38H,3-11,16-19H2,1-2H3,(H,31,35)(H,32,36)(H2,39,40,41)(H2,42,43,44). The molecule has 0 unspecified atom stereocenters. The summed E-state index contributed by atoms with van der Waals surface area (Å²) in [6.07, 6.45) is 0.520.